The molecule has 0 saturated heterocycles. The van der Waals surface area contributed by atoms with Crippen molar-refractivity contribution in [2.45, 2.75) is 6.54 Å². The molecule has 8 heteroatoms. The summed E-state index contributed by atoms with van der Waals surface area (Å²) in [6, 6.07) is 24.0. The summed E-state index contributed by atoms with van der Waals surface area (Å²) >= 11 is 6.03. The number of amides is 2. The smallest absolute Gasteiger partial charge is 0.239 e. The van der Waals surface area contributed by atoms with Gasteiger partial charge in [-0.15, -0.1) is 0 Å². The van der Waals surface area contributed by atoms with E-state index in [2.05, 4.69) is 10.6 Å². The fourth-order valence-corrected chi connectivity index (χ4v) is 3.46. The lowest BCUT2D eigenvalue weighted by molar-refractivity contribution is -0.120. The van der Waals surface area contributed by atoms with Crippen molar-refractivity contribution < 1.29 is 19.1 Å². The van der Waals surface area contributed by atoms with Crippen LogP contribution < -0.4 is 20.3 Å². The van der Waals surface area contributed by atoms with Gasteiger partial charge in [0.15, 0.2) is 5.75 Å². The molecule has 0 aliphatic heterocycles. The van der Waals surface area contributed by atoms with Crippen molar-refractivity contribution in [1.82, 2.24) is 10.6 Å². The maximum Gasteiger partial charge on any atom is 0.239 e. The molecule has 3 rings (SSSR count). The van der Waals surface area contributed by atoms with E-state index in [0.29, 0.717) is 41.9 Å². The highest BCUT2D eigenvalue weighted by Gasteiger charge is 2.19. The van der Waals surface area contributed by atoms with Gasteiger partial charge in [0, 0.05) is 25.2 Å². The molecule has 0 fully saturated rings. The summed E-state index contributed by atoms with van der Waals surface area (Å²) in [7, 11) is 1.57. The minimum absolute atomic E-state index is 0.0243. The van der Waals surface area contributed by atoms with Crippen LogP contribution in [-0.4, -0.2) is 45.2 Å². The average Bonchev–Trinajstić information content (AvgIpc) is 2.84. The number of benzene rings is 3. The number of carbonyl (C=O) groups excluding carboxylic acids is 2. The van der Waals surface area contributed by atoms with Crippen molar-refractivity contribution in [3.63, 3.8) is 0 Å². The summed E-state index contributed by atoms with van der Waals surface area (Å²) in [6.07, 6.45) is 0. The maximum absolute atomic E-state index is 12.8. The second kappa shape index (κ2) is 13.2. The van der Waals surface area contributed by atoms with Gasteiger partial charge >= 0.3 is 0 Å². The van der Waals surface area contributed by atoms with Gasteiger partial charge in [-0.25, -0.2) is 0 Å². The van der Waals surface area contributed by atoms with Gasteiger partial charge in [-0.05, 0) is 42.0 Å². The lowest BCUT2D eigenvalue weighted by atomic mass is 10.2. The third-order valence-corrected chi connectivity index (χ3v) is 5.09. The number of methoxy groups -OCH3 is 1. The molecule has 0 spiro atoms. The Morgan fingerprint density at radius 1 is 0.882 bits per heavy atom. The predicted molar refractivity (Wildman–Crippen MR) is 133 cm³/mol. The molecule has 0 saturated carbocycles. The number of para-hydroxylation sites is 3. The average molecular weight is 482 g/mol. The first kappa shape index (κ1) is 25.1. The van der Waals surface area contributed by atoms with E-state index in [1.54, 1.807) is 24.1 Å². The van der Waals surface area contributed by atoms with Crippen LogP contribution in [0.25, 0.3) is 0 Å². The number of hydrogen-bond donors (Lipinski definition) is 2. The standard InChI is InChI=1S/C26H28ClN3O4/c1-33-15-14-28-25(31)18-30(19-26(32)29-17-20-8-7-9-21(27)16-20)23-12-5-6-13-24(23)34-22-10-3-2-4-11-22/h2-13,16H,14-15,17-19H2,1H3,(H,28,31)(H,29,32). The Morgan fingerprint density at radius 3 is 2.32 bits per heavy atom. The summed E-state index contributed by atoms with van der Waals surface area (Å²) < 4.78 is 11.0. The number of nitrogens with one attached hydrogen (secondary N) is 2. The molecule has 0 bridgehead atoms. The maximum atomic E-state index is 12.8. The van der Waals surface area contributed by atoms with Crippen molar-refractivity contribution >= 4 is 29.1 Å². The van der Waals surface area contributed by atoms with Gasteiger partial charge in [0.05, 0.1) is 25.4 Å². The van der Waals surface area contributed by atoms with Crippen LogP contribution in [0.2, 0.25) is 5.02 Å². The van der Waals surface area contributed by atoms with Crippen molar-refractivity contribution in [3.05, 3.63) is 89.4 Å². The lowest BCUT2D eigenvalue weighted by Crippen LogP contribution is -2.43. The third-order valence-electron chi connectivity index (χ3n) is 4.85. The number of nitrogens with zero attached hydrogens (tertiary/aromatic N) is 1. The summed E-state index contributed by atoms with van der Waals surface area (Å²) in [4.78, 5) is 27.1. The second-order valence-electron chi connectivity index (χ2n) is 7.49. The molecule has 3 aromatic rings. The summed E-state index contributed by atoms with van der Waals surface area (Å²) in [5.41, 5.74) is 1.52. The van der Waals surface area contributed by atoms with Crippen LogP contribution >= 0.6 is 11.6 Å². The highest BCUT2D eigenvalue weighted by Crippen LogP contribution is 2.32. The second-order valence-corrected chi connectivity index (χ2v) is 7.92. The Morgan fingerprint density at radius 2 is 1.59 bits per heavy atom. The molecular formula is C26H28ClN3O4. The molecule has 2 N–H and O–H groups in total. The monoisotopic (exact) mass is 481 g/mol. The van der Waals surface area contributed by atoms with E-state index in [1.807, 2.05) is 66.7 Å². The van der Waals surface area contributed by atoms with E-state index in [9.17, 15) is 9.59 Å². The van der Waals surface area contributed by atoms with Gasteiger partial charge in [-0.2, -0.15) is 0 Å². The molecule has 7 nitrogen and oxygen atoms in total. The number of anilines is 1. The van der Waals surface area contributed by atoms with Crippen LogP contribution in [0.15, 0.2) is 78.9 Å². The molecule has 0 aromatic heterocycles. The van der Waals surface area contributed by atoms with Crippen LogP contribution in [-0.2, 0) is 20.9 Å². The van der Waals surface area contributed by atoms with Gasteiger partial charge in [0.1, 0.15) is 5.75 Å². The van der Waals surface area contributed by atoms with Gasteiger partial charge in [0.2, 0.25) is 11.8 Å². The fraction of sp³-hybridized carbons (Fsp3) is 0.231. The Bertz CT molecular complexity index is 1080. The summed E-state index contributed by atoms with van der Waals surface area (Å²) in [6.45, 7) is 1.05. The van der Waals surface area contributed by atoms with Crippen LogP contribution in [0.5, 0.6) is 11.5 Å². The highest BCUT2D eigenvalue weighted by atomic mass is 35.5. The van der Waals surface area contributed by atoms with Crippen LogP contribution in [0.1, 0.15) is 5.56 Å². The number of halogens is 1. The fourth-order valence-electron chi connectivity index (χ4n) is 3.25. The van der Waals surface area contributed by atoms with Crippen molar-refractivity contribution in [2.75, 3.05) is 38.3 Å². The van der Waals surface area contributed by atoms with Crippen LogP contribution in [0.4, 0.5) is 5.69 Å². The van der Waals surface area contributed by atoms with Crippen LogP contribution in [0, 0.1) is 0 Å². The zero-order chi connectivity index (χ0) is 24.2. The quantitative estimate of drug-likeness (QED) is 0.382. The molecule has 0 atom stereocenters. The SMILES string of the molecule is COCCNC(=O)CN(CC(=O)NCc1cccc(Cl)c1)c1ccccc1Oc1ccccc1. The van der Waals surface area contributed by atoms with Crippen LogP contribution in [0.3, 0.4) is 0 Å². The minimum Gasteiger partial charge on any atom is -0.455 e. The summed E-state index contributed by atoms with van der Waals surface area (Å²) in [5, 5.41) is 6.29. The molecule has 0 heterocycles. The molecular weight excluding hydrogens is 454 g/mol. The Hall–Kier alpha value is -3.55. The molecule has 178 valence electrons. The van der Waals surface area contributed by atoms with Gasteiger partial charge in [-0.1, -0.05) is 54.1 Å². The highest BCUT2D eigenvalue weighted by molar-refractivity contribution is 6.30. The molecule has 0 aliphatic rings. The first-order chi connectivity index (χ1) is 16.5. The van der Waals surface area contributed by atoms with Crippen molar-refractivity contribution in [3.8, 4) is 11.5 Å². The van der Waals surface area contributed by atoms with Gasteiger partial charge < -0.3 is 25.0 Å². The lowest BCUT2D eigenvalue weighted by Gasteiger charge is -2.26. The van der Waals surface area contributed by atoms with Gasteiger partial charge in [0.25, 0.3) is 0 Å². The van der Waals surface area contributed by atoms with E-state index < -0.39 is 0 Å². The Balaban J connectivity index is 1.75. The third kappa shape index (κ3) is 8.10. The molecule has 0 unspecified atom stereocenters. The topological polar surface area (TPSA) is 79.9 Å². The molecule has 3 aromatic carbocycles. The van der Waals surface area contributed by atoms with E-state index in [-0.39, 0.29) is 24.9 Å². The Labute approximate surface area is 204 Å². The number of rotatable bonds is 12. The van der Waals surface area contributed by atoms with E-state index in [0.717, 1.165) is 5.56 Å². The Kier molecular flexibility index (Phi) is 9.76. The molecule has 2 amide bonds. The van der Waals surface area contributed by atoms with Crippen molar-refractivity contribution in [2.24, 2.45) is 0 Å². The number of carbonyl (C=O) groups is 2. The first-order valence-electron chi connectivity index (χ1n) is 10.9. The zero-order valence-corrected chi connectivity index (χ0v) is 19.8. The summed E-state index contributed by atoms with van der Waals surface area (Å²) in [5.74, 6) is 0.735. The predicted octanol–water partition coefficient (Wildman–Crippen LogP) is 4.02. The van der Waals surface area contributed by atoms with E-state index in [4.69, 9.17) is 21.1 Å². The molecule has 34 heavy (non-hydrogen) atoms. The van der Waals surface area contributed by atoms with Crippen molar-refractivity contribution in [1.29, 1.82) is 0 Å². The van der Waals surface area contributed by atoms with E-state index in [1.165, 1.54) is 0 Å². The number of ether oxygens (including phenoxy) is 2. The first-order valence-corrected chi connectivity index (χ1v) is 11.3. The molecule has 0 radical (unpaired) electrons. The minimum atomic E-state index is -0.237. The zero-order valence-electron chi connectivity index (χ0n) is 19.0. The largest absolute Gasteiger partial charge is 0.455 e. The van der Waals surface area contributed by atoms with E-state index >= 15 is 0 Å². The molecule has 0 aliphatic carbocycles. The normalized spacial score (nSPS) is 10.4. The number of hydrogen-bond acceptors (Lipinski definition) is 5. The van der Waals surface area contributed by atoms with Gasteiger partial charge in [-0.3, -0.25) is 9.59 Å².